The second kappa shape index (κ2) is 9.17. The van der Waals surface area contributed by atoms with E-state index in [1.807, 2.05) is 38.1 Å². The van der Waals surface area contributed by atoms with Crippen molar-refractivity contribution in [1.29, 1.82) is 0 Å². The second-order valence-electron chi connectivity index (χ2n) is 6.14. The normalized spacial score (nSPS) is 12.0. The van der Waals surface area contributed by atoms with Crippen LogP contribution in [-0.4, -0.2) is 39.1 Å². The van der Waals surface area contributed by atoms with E-state index in [4.69, 9.17) is 5.11 Å². The van der Waals surface area contributed by atoms with Gasteiger partial charge in [-0.2, -0.15) is 5.10 Å². The highest BCUT2D eigenvalue weighted by Crippen LogP contribution is 2.20. The monoisotopic (exact) mass is 345 g/mol. The van der Waals surface area contributed by atoms with Gasteiger partial charge in [-0.25, -0.2) is 14.5 Å². The number of nitrogens with zero attached hydrogens (tertiary/aromatic N) is 3. The van der Waals surface area contributed by atoms with E-state index >= 15 is 0 Å². The molecule has 0 bridgehead atoms. The van der Waals surface area contributed by atoms with E-state index in [1.54, 1.807) is 4.68 Å². The van der Waals surface area contributed by atoms with Crippen LogP contribution in [0.25, 0.3) is 5.69 Å². The van der Waals surface area contributed by atoms with Crippen molar-refractivity contribution in [2.75, 3.05) is 18.5 Å². The number of carbonyl (C=O) groups is 1. The summed E-state index contributed by atoms with van der Waals surface area (Å²) in [6.07, 6.45) is 2.71. The Hall–Kier alpha value is -2.41. The summed E-state index contributed by atoms with van der Waals surface area (Å²) >= 11 is 0. The number of anilines is 1. The van der Waals surface area contributed by atoms with Gasteiger partial charge in [0.1, 0.15) is 11.6 Å². The van der Waals surface area contributed by atoms with Crippen molar-refractivity contribution in [3.63, 3.8) is 0 Å². The van der Waals surface area contributed by atoms with E-state index in [0.29, 0.717) is 24.5 Å². The molecule has 7 heteroatoms. The number of para-hydroxylation sites is 2. The number of carbonyl (C=O) groups excluding carboxylic acids is 1. The predicted octanol–water partition coefficient (Wildman–Crippen LogP) is 2.80. The van der Waals surface area contributed by atoms with Gasteiger partial charge in [-0.1, -0.05) is 25.5 Å². The van der Waals surface area contributed by atoms with Crippen molar-refractivity contribution in [1.82, 2.24) is 20.1 Å². The number of benzene rings is 1. The number of rotatable bonds is 8. The Bertz CT molecular complexity index is 693. The average molecular weight is 345 g/mol. The number of aromatic nitrogens is 3. The van der Waals surface area contributed by atoms with Crippen LogP contribution in [0.15, 0.2) is 24.3 Å². The highest BCUT2D eigenvalue weighted by molar-refractivity contribution is 5.91. The number of hydrogen-bond acceptors (Lipinski definition) is 4. The van der Waals surface area contributed by atoms with Gasteiger partial charge in [0.2, 0.25) is 0 Å². The molecule has 0 fully saturated rings. The lowest BCUT2D eigenvalue weighted by molar-refractivity contribution is 0.236. The van der Waals surface area contributed by atoms with Crippen molar-refractivity contribution in [3.8, 4) is 5.69 Å². The molecule has 136 valence electrons. The molecule has 1 atom stereocenters. The number of aryl methyl sites for hydroxylation is 2. The summed E-state index contributed by atoms with van der Waals surface area (Å²) in [4.78, 5) is 16.6. The molecule has 1 aromatic carbocycles. The van der Waals surface area contributed by atoms with E-state index in [0.717, 1.165) is 24.4 Å². The summed E-state index contributed by atoms with van der Waals surface area (Å²) < 4.78 is 1.72. The van der Waals surface area contributed by atoms with Gasteiger partial charge in [0.05, 0.1) is 11.4 Å². The minimum absolute atomic E-state index is 0.141. The first-order valence-electron chi connectivity index (χ1n) is 8.70. The van der Waals surface area contributed by atoms with Crippen molar-refractivity contribution < 1.29 is 9.90 Å². The van der Waals surface area contributed by atoms with E-state index in [1.165, 1.54) is 0 Å². The van der Waals surface area contributed by atoms with Gasteiger partial charge in [-0.15, -0.1) is 0 Å². The Kier molecular flexibility index (Phi) is 6.94. The Morgan fingerprint density at radius 1 is 1.28 bits per heavy atom. The molecule has 1 unspecified atom stereocenters. The molecule has 0 spiro atoms. The van der Waals surface area contributed by atoms with Gasteiger partial charge in [0.25, 0.3) is 0 Å². The maximum absolute atomic E-state index is 12.3. The van der Waals surface area contributed by atoms with Gasteiger partial charge < -0.3 is 15.7 Å². The smallest absolute Gasteiger partial charge is 0.319 e. The molecule has 0 saturated carbocycles. The van der Waals surface area contributed by atoms with Crippen LogP contribution in [0.1, 0.15) is 37.8 Å². The molecular weight excluding hydrogens is 318 g/mol. The molecule has 0 saturated heterocycles. The zero-order chi connectivity index (χ0) is 18.2. The second-order valence-corrected chi connectivity index (χ2v) is 6.14. The van der Waals surface area contributed by atoms with Crippen LogP contribution in [-0.2, 0) is 0 Å². The molecule has 0 aliphatic rings. The fourth-order valence-electron chi connectivity index (χ4n) is 2.86. The van der Waals surface area contributed by atoms with Crippen molar-refractivity contribution in [2.24, 2.45) is 5.92 Å². The SMILES string of the molecule is CCCC(CCO)CNC(=O)Nc1ccccc1-n1nc(C)nc1C. The number of aliphatic hydroxyl groups is 1. The molecule has 0 aliphatic carbocycles. The van der Waals surface area contributed by atoms with E-state index in [-0.39, 0.29) is 18.6 Å². The van der Waals surface area contributed by atoms with Crippen LogP contribution in [0.5, 0.6) is 0 Å². The third-order valence-corrected chi connectivity index (χ3v) is 4.04. The van der Waals surface area contributed by atoms with Gasteiger partial charge in [-0.3, -0.25) is 0 Å². The summed E-state index contributed by atoms with van der Waals surface area (Å²) in [5, 5.41) is 19.3. The molecular formula is C18H27N5O2. The van der Waals surface area contributed by atoms with Crippen LogP contribution in [0.3, 0.4) is 0 Å². The highest BCUT2D eigenvalue weighted by atomic mass is 16.3. The summed E-state index contributed by atoms with van der Waals surface area (Å²) in [6, 6.07) is 7.23. The minimum Gasteiger partial charge on any atom is -0.396 e. The first kappa shape index (κ1) is 18.9. The topological polar surface area (TPSA) is 92.1 Å². The third-order valence-electron chi connectivity index (χ3n) is 4.04. The highest BCUT2D eigenvalue weighted by Gasteiger charge is 2.13. The minimum atomic E-state index is -0.263. The predicted molar refractivity (Wildman–Crippen MR) is 98.0 cm³/mol. The van der Waals surface area contributed by atoms with Crippen LogP contribution in [0, 0.1) is 19.8 Å². The molecule has 2 rings (SSSR count). The molecule has 7 nitrogen and oxygen atoms in total. The number of nitrogens with one attached hydrogen (secondary N) is 2. The van der Waals surface area contributed by atoms with Crippen molar-refractivity contribution in [3.05, 3.63) is 35.9 Å². The molecule has 0 radical (unpaired) electrons. The number of amides is 2. The fourth-order valence-corrected chi connectivity index (χ4v) is 2.86. The zero-order valence-corrected chi connectivity index (χ0v) is 15.1. The lowest BCUT2D eigenvalue weighted by atomic mass is 10.0. The van der Waals surface area contributed by atoms with Crippen LogP contribution < -0.4 is 10.6 Å². The largest absolute Gasteiger partial charge is 0.396 e. The first-order chi connectivity index (χ1) is 12.0. The summed E-state index contributed by atoms with van der Waals surface area (Å²) in [7, 11) is 0. The van der Waals surface area contributed by atoms with Gasteiger partial charge in [-0.05, 0) is 44.7 Å². The van der Waals surface area contributed by atoms with Crippen LogP contribution in [0.2, 0.25) is 0 Å². The van der Waals surface area contributed by atoms with Gasteiger partial charge in [0, 0.05) is 13.2 Å². The standard InChI is InChI=1S/C18H27N5O2/c1-4-7-15(10-11-24)12-19-18(25)21-16-8-5-6-9-17(16)23-14(3)20-13(2)22-23/h5-6,8-9,15,24H,4,7,10-12H2,1-3H3,(H2,19,21,25). The number of aliphatic hydroxyl groups excluding tert-OH is 1. The Balaban J connectivity index is 2.05. The first-order valence-corrected chi connectivity index (χ1v) is 8.70. The summed E-state index contributed by atoms with van der Waals surface area (Å²) in [5.41, 5.74) is 1.44. The molecule has 25 heavy (non-hydrogen) atoms. The van der Waals surface area contributed by atoms with Crippen LogP contribution >= 0.6 is 0 Å². The lowest BCUT2D eigenvalue weighted by Crippen LogP contribution is -2.33. The van der Waals surface area contributed by atoms with Crippen LogP contribution in [0.4, 0.5) is 10.5 Å². The molecule has 2 aromatic rings. The average Bonchev–Trinajstić information content (AvgIpc) is 2.92. The Labute approximate surface area is 148 Å². The lowest BCUT2D eigenvalue weighted by Gasteiger charge is -2.17. The maximum Gasteiger partial charge on any atom is 0.319 e. The molecule has 1 heterocycles. The van der Waals surface area contributed by atoms with Crippen molar-refractivity contribution in [2.45, 2.75) is 40.0 Å². The molecule has 0 aliphatic heterocycles. The Morgan fingerprint density at radius 2 is 2.04 bits per heavy atom. The number of hydrogen-bond donors (Lipinski definition) is 3. The zero-order valence-electron chi connectivity index (χ0n) is 15.1. The quantitative estimate of drug-likeness (QED) is 0.686. The summed E-state index contributed by atoms with van der Waals surface area (Å²) in [6.45, 7) is 6.50. The van der Waals surface area contributed by atoms with Gasteiger partial charge >= 0.3 is 6.03 Å². The maximum atomic E-state index is 12.3. The molecule has 3 N–H and O–H groups in total. The van der Waals surface area contributed by atoms with E-state index in [2.05, 4.69) is 27.6 Å². The van der Waals surface area contributed by atoms with E-state index < -0.39 is 0 Å². The van der Waals surface area contributed by atoms with Crippen molar-refractivity contribution >= 4 is 11.7 Å². The van der Waals surface area contributed by atoms with Gasteiger partial charge in [0.15, 0.2) is 0 Å². The Morgan fingerprint density at radius 3 is 2.68 bits per heavy atom. The third kappa shape index (κ3) is 5.29. The number of urea groups is 1. The summed E-state index contributed by atoms with van der Waals surface area (Å²) in [5.74, 6) is 1.73. The fraction of sp³-hybridized carbons (Fsp3) is 0.500. The molecule has 1 aromatic heterocycles. The van der Waals surface area contributed by atoms with E-state index in [9.17, 15) is 4.79 Å². The molecule has 2 amide bonds.